The second kappa shape index (κ2) is 9.08. The molecule has 0 bridgehead atoms. The van der Waals surface area contributed by atoms with Crippen molar-refractivity contribution >= 4 is 17.8 Å². The highest BCUT2D eigenvalue weighted by molar-refractivity contribution is 5.79. The number of hydrogen-bond donors (Lipinski definition) is 0. The number of allylic oxidation sites excluding steroid dienone is 2. The van der Waals surface area contributed by atoms with Crippen molar-refractivity contribution in [3.8, 4) is 0 Å². The molecule has 0 radical (unpaired) electrons. The van der Waals surface area contributed by atoms with E-state index in [2.05, 4.69) is 92.2 Å². The van der Waals surface area contributed by atoms with Crippen LogP contribution in [-0.2, 0) is 6.42 Å². The quantitative estimate of drug-likeness (QED) is 0.600. The predicted octanol–water partition coefficient (Wildman–Crippen LogP) is 6.73. The molecule has 1 aliphatic heterocycles. The van der Waals surface area contributed by atoms with Crippen molar-refractivity contribution in [3.63, 3.8) is 0 Å². The standard InChI is InChI=1S/C22H23N.C2H6/c1-4-18-12-14-19(15-13-18)8-7-10-20-16-21-9-5-6-11-22(21)23(3)17(20)2;1-2/h5-9,11-16H,2,4,10H2,1,3H3;1-2H3/b8-7+;. The molecule has 3 rings (SSSR count). The lowest BCUT2D eigenvalue weighted by molar-refractivity contribution is 1.06. The molecule has 0 unspecified atom stereocenters. The van der Waals surface area contributed by atoms with E-state index in [0.717, 1.165) is 18.5 Å². The molecule has 2 aromatic carbocycles. The van der Waals surface area contributed by atoms with E-state index in [0.29, 0.717) is 0 Å². The first-order valence-corrected chi connectivity index (χ1v) is 9.17. The molecule has 2 aromatic rings. The molecular formula is C24H29N. The fourth-order valence-corrected chi connectivity index (χ4v) is 2.91. The molecule has 0 N–H and O–H groups in total. The molecule has 1 heteroatoms. The van der Waals surface area contributed by atoms with Crippen molar-refractivity contribution in [3.05, 3.63) is 89.1 Å². The summed E-state index contributed by atoms with van der Waals surface area (Å²) in [4.78, 5) is 2.18. The van der Waals surface area contributed by atoms with Gasteiger partial charge in [-0.05, 0) is 47.2 Å². The van der Waals surface area contributed by atoms with Gasteiger partial charge in [-0.3, -0.25) is 0 Å². The molecule has 0 fully saturated rings. The number of rotatable bonds is 4. The number of hydrogen-bond acceptors (Lipinski definition) is 1. The number of aryl methyl sites for hydroxylation is 1. The van der Waals surface area contributed by atoms with Crippen LogP contribution < -0.4 is 4.90 Å². The van der Waals surface area contributed by atoms with Crippen LogP contribution in [0.15, 0.2) is 72.5 Å². The Morgan fingerprint density at radius 2 is 1.68 bits per heavy atom. The first-order valence-electron chi connectivity index (χ1n) is 9.17. The summed E-state index contributed by atoms with van der Waals surface area (Å²) in [6.45, 7) is 10.4. The van der Waals surface area contributed by atoms with Crippen molar-refractivity contribution in [1.29, 1.82) is 0 Å². The van der Waals surface area contributed by atoms with E-state index < -0.39 is 0 Å². The van der Waals surface area contributed by atoms with Crippen molar-refractivity contribution in [1.82, 2.24) is 0 Å². The smallest absolute Gasteiger partial charge is 0.0481 e. The summed E-state index contributed by atoms with van der Waals surface area (Å²) in [6.07, 6.45) is 8.64. The van der Waals surface area contributed by atoms with Gasteiger partial charge < -0.3 is 4.90 Å². The summed E-state index contributed by atoms with van der Waals surface area (Å²) in [5.41, 5.74) is 7.46. The van der Waals surface area contributed by atoms with Crippen LogP contribution in [0.4, 0.5) is 5.69 Å². The highest BCUT2D eigenvalue weighted by Crippen LogP contribution is 2.34. The summed E-state index contributed by atoms with van der Waals surface area (Å²) in [5.74, 6) is 0. The van der Waals surface area contributed by atoms with Crippen LogP contribution in [0.3, 0.4) is 0 Å². The predicted molar refractivity (Wildman–Crippen MR) is 113 cm³/mol. The normalized spacial score (nSPS) is 13.2. The molecule has 25 heavy (non-hydrogen) atoms. The largest absolute Gasteiger partial charge is 0.344 e. The van der Waals surface area contributed by atoms with Gasteiger partial charge in [-0.15, -0.1) is 0 Å². The van der Waals surface area contributed by atoms with E-state index >= 15 is 0 Å². The van der Waals surface area contributed by atoms with Gasteiger partial charge in [0.1, 0.15) is 0 Å². The average Bonchev–Trinajstić information content (AvgIpc) is 2.68. The maximum absolute atomic E-state index is 4.25. The lowest BCUT2D eigenvalue weighted by atomic mass is 9.98. The summed E-state index contributed by atoms with van der Waals surface area (Å²) in [7, 11) is 2.08. The molecule has 1 heterocycles. The summed E-state index contributed by atoms with van der Waals surface area (Å²) in [6, 6.07) is 17.2. The van der Waals surface area contributed by atoms with E-state index in [1.165, 1.54) is 28.0 Å². The van der Waals surface area contributed by atoms with Crippen molar-refractivity contribution in [2.24, 2.45) is 0 Å². The number of anilines is 1. The van der Waals surface area contributed by atoms with Gasteiger partial charge in [0.15, 0.2) is 0 Å². The van der Waals surface area contributed by atoms with Gasteiger partial charge >= 0.3 is 0 Å². The lowest BCUT2D eigenvalue weighted by Gasteiger charge is -2.29. The van der Waals surface area contributed by atoms with Crippen molar-refractivity contribution < 1.29 is 0 Å². The maximum atomic E-state index is 4.25. The third kappa shape index (κ3) is 4.51. The zero-order valence-corrected chi connectivity index (χ0v) is 15.9. The van der Waals surface area contributed by atoms with Crippen LogP contribution in [0.1, 0.15) is 43.9 Å². The van der Waals surface area contributed by atoms with E-state index in [-0.39, 0.29) is 0 Å². The number of nitrogens with zero attached hydrogens (tertiary/aromatic N) is 1. The Bertz CT molecular complexity index is 763. The number of fused-ring (bicyclic) bond motifs is 1. The average molecular weight is 332 g/mol. The fourth-order valence-electron chi connectivity index (χ4n) is 2.91. The van der Waals surface area contributed by atoms with Gasteiger partial charge in [-0.2, -0.15) is 0 Å². The second-order valence-electron chi connectivity index (χ2n) is 5.94. The molecular weight excluding hydrogens is 302 g/mol. The number of likely N-dealkylation sites (N-methyl/N-ethyl adjacent to an activating group) is 1. The molecule has 130 valence electrons. The molecule has 0 amide bonds. The molecule has 0 atom stereocenters. The fraction of sp³-hybridized carbons (Fsp3) is 0.250. The van der Waals surface area contributed by atoms with E-state index in [9.17, 15) is 0 Å². The van der Waals surface area contributed by atoms with Crippen LogP contribution in [0.25, 0.3) is 12.2 Å². The van der Waals surface area contributed by atoms with Crippen LogP contribution >= 0.6 is 0 Å². The molecule has 0 aliphatic carbocycles. The van der Waals surface area contributed by atoms with Crippen LogP contribution in [0, 0.1) is 0 Å². The lowest BCUT2D eigenvalue weighted by Crippen LogP contribution is -2.20. The minimum atomic E-state index is 0.896. The molecule has 0 spiro atoms. The summed E-state index contributed by atoms with van der Waals surface area (Å²) >= 11 is 0. The van der Waals surface area contributed by atoms with Crippen LogP contribution in [0.5, 0.6) is 0 Å². The Morgan fingerprint density at radius 3 is 2.36 bits per heavy atom. The zero-order valence-electron chi connectivity index (χ0n) is 15.9. The number of benzene rings is 2. The van der Waals surface area contributed by atoms with Gasteiger partial charge in [-0.1, -0.05) is 82.0 Å². The summed E-state index contributed by atoms with van der Waals surface area (Å²) in [5, 5.41) is 0. The highest BCUT2D eigenvalue weighted by Gasteiger charge is 2.17. The van der Waals surface area contributed by atoms with Gasteiger partial charge in [0, 0.05) is 18.4 Å². The Kier molecular flexibility index (Phi) is 6.82. The Morgan fingerprint density at radius 1 is 1.00 bits per heavy atom. The minimum absolute atomic E-state index is 0.896. The minimum Gasteiger partial charge on any atom is -0.344 e. The van der Waals surface area contributed by atoms with Crippen molar-refractivity contribution in [2.45, 2.75) is 33.6 Å². The highest BCUT2D eigenvalue weighted by atomic mass is 15.1. The molecule has 1 nitrogen and oxygen atoms in total. The van der Waals surface area contributed by atoms with Crippen LogP contribution in [0.2, 0.25) is 0 Å². The van der Waals surface area contributed by atoms with Crippen LogP contribution in [-0.4, -0.2) is 7.05 Å². The Hall–Kier alpha value is -2.54. The second-order valence-corrected chi connectivity index (χ2v) is 5.94. The third-order valence-corrected chi connectivity index (χ3v) is 4.44. The SMILES string of the molecule is C=C1C(C/C=C/c2ccc(CC)cc2)=Cc2ccccc2N1C.CC. The Balaban J connectivity index is 0.00000109. The maximum Gasteiger partial charge on any atom is 0.0481 e. The molecule has 0 saturated carbocycles. The first kappa shape index (κ1) is 18.8. The summed E-state index contributed by atoms with van der Waals surface area (Å²) < 4.78 is 0. The molecule has 1 aliphatic rings. The van der Waals surface area contributed by atoms with Gasteiger partial charge in [0.05, 0.1) is 0 Å². The zero-order chi connectivity index (χ0) is 18.2. The number of para-hydroxylation sites is 1. The van der Waals surface area contributed by atoms with E-state index in [1.807, 2.05) is 13.8 Å². The monoisotopic (exact) mass is 331 g/mol. The van der Waals surface area contributed by atoms with Gasteiger partial charge in [0.2, 0.25) is 0 Å². The Labute approximate surface area is 153 Å². The molecule has 0 saturated heterocycles. The van der Waals surface area contributed by atoms with Gasteiger partial charge in [0.25, 0.3) is 0 Å². The van der Waals surface area contributed by atoms with E-state index in [1.54, 1.807) is 0 Å². The topological polar surface area (TPSA) is 3.24 Å². The molecule has 0 aromatic heterocycles. The van der Waals surface area contributed by atoms with Crippen molar-refractivity contribution in [2.75, 3.05) is 11.9 Å². The third-order valence-electron chi connectivity index (χ3n) is 4.44. The van der Waals surface area contributed by atoms with E-state index in [4.69, 9.17) is 0 Å². The first-order chi connectivity index (χ1) is 12.2. The van der Waals surface area contributed by atoms with Gasteiger partial charge in [-0.25, -0.2) is 0 Å².